The third-order valence-electron chi connectivity index (χ3n) is 2.99. The Morgan fingerprint density at radius 2 is 1.15 bits per heavy atom. The van der Waals surface area contributed by atoms with Crippen molar-refractivity contribution in [3.8, 4) is 11.1 Å². The van der Waals surface area contributed by atoms with Crippen LogP contribution < -0.4 is 0 Å². The zero-order chi connectivity index (χ0) is 14.9. The molecule has 0 N–H and O–H groups in total. The zero-order valence-electron chi connectivity index (χ0n) is 10.6. The molecule has 0 amide bonds. The highest BCUT2D eigenvalue weighted by Crippen LogP contribution is 2.31. The molecule has 0 unspecified atom stereocenters. The van der Waals surface area contributed by atoms with E-state index in [9.17, 15) is 22.0 Å². The van der Waals surface area contributed by atoms with E-state index < -0.39 is 34.6 Å². The van der Waals surface area contributed by atoms with E-state index in [0.717, 1.165) is 18.4 Å². The maximum atomic E-state index is 13.6. The summed E-state index contributed by atoms with van der Waals surface area (Å²) in [5, 5.41) is 0. The normalized spacial score (nSPS) is 10.9. The molecule has 2 rings (SSSR count). The zero-order valence-corrected chi connectivity index (χ0v) is 10.6. The largest absolute Gasteiger partial charge is 0.203 e. The Hall–Kier alpha value is -1.91. The Morgan fingerprint density at radius 1 is 0.700 bits per heavy atom. The molecular weight excluding hydrogens is 275 g/mol. The van der Waals surface area contributed by atoms with Gasteiger partial charge in [-0.2, -0.15) is 0 Å². The van der Waals surface area contributed by atoms with Gasteiger partial charge in [-0.25, -0.2) is 22.0 Å². The van der Waals surface area contributed by atoms with Crippen LogP contribution in [0.15, 0.2) is 24.3 Å². The van der Waals surface area contributed by atoms with Crippen LogP contribution in [0.3, 0.4) is 0 Å². The average Bonchev–Trinajstić information content (AvgIpc) is 2.45. The van der Waals surface area contributed by atoms with E-state index in [1.54, 1.807) is 12.1 Å². The number of benzene rings is 2. The van der Waals surface area contributed by atoms with Crippen molar-refractivity contribution < 1.29 is 22.0 Å². The topological polar surface area (TPSA) is 0 Å². The molecule has 0 spiro atoms. The van der Waals surface area contributed by atoms with E-state index in [4.69, 9.17) is 0 Å². The molecule has 0 aromatic heterocycles. The molecule has 0 bridgehead atoms. The minimum atomic E-state index is -2.15. The van der Waals surface area contributed by atoms with Gasteiger partial charge in [-0.05, 0) is 17.5 Å². The van der Waals surface area contributed by atoms with Gasteiger partial charge in [0.15, 0.2) is 23.3 Å². The highest BCUT2D eigenvalue weighted by atomic mass is 19.2. The molecular formula is C15H11F5. The second kappa shape index (κ2) is 5.61. The number of aryl methyl sites for hydroxylation is 1. The quantitative estimate of drug-likeness (QED) is 0.423. The van der Waals surface area contributed by atoms with Crippen molar-refractivity contribution in [1.29, 1.82) is 0 Å². The van der Waals surface area contributed by atoms with Gasteiger partial charge in [0.1, 0.15) is 0 Å². The fourth-order valence-electron chi connectivity index (χ4n) is 1.99. The Bertz CT molecular complexity index is 603. The molecule has 0 aliphatic carbocycles. The molecule has 2 aromatic rings. The monoisotopic (exact) mass is 286 g/mol. The van der Waals surface area contributed by atoms with Crippen LogP contribution in [0.5, 0.6) is 0 Å². The van der Waals surface area contributed by atoms with Crippen LogP contribution in [0.4, 0.5) is 22.0 Å². The summed E-state index contributed by atoms with van der Waals surface area (Å²) in [5.74, 6) is -9.64. The summed E-state index contributed by atoms with van der Waals surface area (Å²) in [6.07, 6.45) is 1.67. The minimum absolute atomic E-state index is 0.0438. The van der Waals surface area contributed by atoms with Gasteiger partial charge in [0.2, 0.25) is 5.82 Å². The lowest BCUT2D eigenvalue weighted by molar-refractivity contribution is 0.381. The molecule has 0 saturated heterocycles. The van der Waals surface area contributed by atoms with Crippen LogP contribution in [0.25, 0.3) is 11.1 Å². The third-order valence-corrected chi connectivity index (χ3v) is 2.99. The molecule has 0 nitrogen and oxygen atoms in total. The fourth-order valence-corrected chi connectivity index (χ4v) is 1.99. The SMILES string of the molecule is CCCc1ccc(-c2c(F)c(F)c(F)c(F)c2F)cc1. The number of hydrogen-bond donors (Lipinski definition) is 0. The number of hydrogen-bond acceptors (Lipinski definition) is 0. The predicted molar refractivity (Wildman–Crippen MR) is 65.7 cm³/mol. The van der Waals surface area contributed by atoms with Gasteiger partial charge in [-0.1, -0.05) is 37.6 Å². The van der Waals surface area contributed by atoms with Crippen molar-refractivity contribution in [3.05, 3.63) is 58.9 Å². The van der Waals surface area contributed by atoms with Gasteiger partial charge in [0, 0.05) is 0 Å². The van der Waals surface area contributed by atoms with Gasteiger partial charge in [-0.3, -0.25) is 0 Å². The van der Waals surface area contributed by atoms with Gasteiger partial charge < -0.3 is 0 Å². The van der Waals surface area contributed by atoms with Crippen molar-refractivity contribution in [1.82, 2.24) is 0 Å². The van der Waals surface area contributed by atoms with Crippen LogP contribution in [0.1, 0.15) is 18.9 Å². The number of halogens is 5. The van der Waals surface area contributed by atoms with Crippen molar-refractivity contribution in [3.63, 3.8) is 0 Å². The van der Waals surface area contributed by atoms with Crippen molar-refractivity contribution in [2.24, 2.45) is 0 Å². The lowest BCUT2D eigenvalue weighted by Gasteiger charge is -2.09. The molecule has 2 aromatic carbocycles. The first-order chi connectivity index (χ1) is 9.47. The molecule has 0 aliphatic rings. The summed E-state index contributed by atoms with van der Waals surface area (Å²) in [6, 6.07) is 5.92. The second-order valence-corrected chi connectivity index (χ2v) is 4.39. The van der Waals surface area contributed by atoms with Crippen molar-refractivity contribution in [2.45, 2.75) is 19.8 Å². The van der Waals surface area contributed by atoms with E-state index in [1.165, 1.54) is 12.1 Å². The standard InChI is InChI=1S/C15H11F5/c1-2-3-8-4-6-9(7-5-8)10-11(16)13(18)15(20)14(19)12(10)17/h4-7H,2-3H2,1H3. The molecule has 0 saturated carbocycles. The molecule has 0 heterocycles. The van der Waals surface area contributed by atoms with Gasteiger partial charge >= 0.3 is 0 Å². The summed E-state index contributed by atoms with van der Waals surface area (Å²) in [5.41, 5.74) is -0.0118. The van der Waals surface area contributed by atoms with Gasteiger partial charge in [0.05, 0.1) is 5.56 Å². The maximum absolute atomic E-state index is 13.6. The van der Waals surface area contributed by atoms with E-state index in [-0.39, 0.29) is 5.56 Å². The highest BCUT2D eigenvalue weighted by Gasteiger charge is 2.26. The van der Waals surface area contributed by atoms with Crippen LogP contribution in [0, 0.1) is 29.1 Å². The summed E-state index contributed by atoms with van der Waals surface area (Å²) in [7, 11) is 0. The first-order valence-corrected chi connectivity index (χ1v) is 6.08. The van der Waals surface area contributed by atoms with E-state index in [2.05, 4.69) is 0 Å². The maximum Gasteiger partial charge on any atom is 0.200 e. The molecule has 0 aliphatic heterocycles. The molecule has 0 fully saturated rings. The third kappa shape index (κ3) is 2.40. The molecule has 20 heavy (non-hydrogen) atoms. The summed E-state index contributed by atoms with van der Waals surface area (Å²) in [4.78, 5) is 0. The summed E-state index contributed by atoms with van der Waals surface area (Å²) in [6.45, 7) is 1.97. The lowest BCUT2D eigenvalue weighted by atomic mass is 10.0. The van der Waals surface area contributed by atoms with E-state index in [0.29, 0.717) is 0 Å². The Morgan fingerprint density at radius 3 is 1.60 bits per heavy atom. The van der Waals surface area contributed by atoms with E-state index >= 15 is 0 Å². The smallest absolute Gasteiger partial charge is 0.200 e. The first kappa shape index (κ1) is 14.5. The summed E-state index contributed by atoms with van der Waals surface area (Å²) >= 11 is 0. The molecule has 106 valence electrons. The molecule has 0 atom stereocenters. The Kier molecular flexibility index (Phi) is 4.06. The Balaban J connectivity index is 2.58. The van der Waals surface area contributed by atoms with Crippen LogP contribution >= 0.6 is 0 Å². The number of rotatable bonds is 3. The van der Waals surface area contributed by atoms with Crippen molar-refractivity contribution >= 4 is 0 Å². The predicted octanol–water partition coefficient (Wildman–Crippen LogP) is 5.00. The second-order valence-electron chi connectivity index (χ2n) is 4.39. The minimum Gasteiger partial charge on any atom is -0.203 e. The first-order valence-electron chi connectivity index (χ1n) is 6.08. The van der Waals surface area contributed by atoms with Crippen molar-refractivity contribution in [2.75, 3.05) is 0 Å². The molecule has 0 radical (unpaired) electrons. The fraction of sp³-hybridized carbons (Fsp3) is 0.200. The average molecular weight is 286 g/mol. The lowest BCUT2D eigenvalue weighted by Crippen LogP contribution is -2.04. The summed E-state index contributed by atoms with van der Waals surface area (Å²) < 4.78 is 66.4. The molecule has 5 heteroatoms. The van der Waals surface area contributed by atoms with Crippen LogP contribution in [0.2, 0.25) is 0 Å². The van der Waals surface area contributed by atoms with Gasteiger partial charge in [0.25, 0.3) is 0 Å². The Labute approximate surface area is 112 Å². The highest BCUT2D eigenvalue weighted by molar-refractivity contribution is 5.65. The van der Waals surface area contributed by atoms with Crippen LogP contribution in [-0.2, 0) is 6.42 Å². The van der Waals surface area contributed by atoms with E-state index in [1.807, 2.05) is 6.92 Å². The van der Waals surface area contributed by atoms with Gasteiger partial charge in [-0.15, -0.1) is 0 Å². The van der Waals surface area contributed by atoms with Crippen LogP contribution in [-0.4, -0.2) is 0 Å².